The molecule has 5 heteroatoms. The molecule has 0 amide bonds. The van der Waals surface area contributed by atoms with Crippen molar-refractivity contribution >= 4 is 18.4 Å². The van der Waals surface area contributed by atoms with Crippen molar-refractivity contribution in [1.82, 2.24) is 4.90 Å². The zero-order valence-corrected chi connectivity index (χ0v) is 18.4. The van der Waals surface area contributed by atoms with E-state index in [-0.39, 0.29) is 24.4 Å². The van der Waals surface area contributed by atoms with Gasteiger partial charge in [-0.25, -0.2) is 4.79 Å². The summed E-state index contributed by atoms with van der Waals surface area (Å²) in [7, 11) is 4.07. The fourth-order valence-electron chi connectivity index (χ4n) is 4.12. The first-order valence-corrected chi connectivity index (χ1v) is 10.1. The van der Waals surface area contributed by atoms with E-state index >= 15 is 0 Å². The molecule has 0 radical (unpaired) electrons. The lowest BCUT2D eigenvalue weighted by molar-refractivity contribution is -0.0601. The molecular weight excluding hydrogens is 386 g/mol. The second kappa shape index (κ2) is 10.2. The third-order valence-electron chi connectivity index (χ3n) is 5.81. The molecule has 2 aromatic carbocycles. The minimum Gasteiger partial charge on any atom is -0.423 e. The molecule has 29 heavy (non-hydrogen) atoms. The molecule has 0 heterocycles. The number of hydrogen-bond acceptors (Lipinski definition) is 4. The zero-order valence-electron chi connectivity index (χ0n) is 17.6. The molecule has 1 atom stereocenters. The van der Waals surface area contributed by atoms with Gasteiger partial charge in [0.05, 0.1) is 11.2 Å². The normalized spacial score (nSPS) is 16.7. The van der Waals surface area contributed by atoms with Gasteiger partial charge in [-0.1, -0.05) is 49.1 Å². The molecule has 158 valence electrons. The third-order valence-corrected chi connectivity index (χ3v) is 5.81. The van der Waals surface area contributed by atoms with E-state index in [2.05, 4.69) is 4.90 Å². The number of aryl methyl sites for hydroxylation is 1. The van der Waals surface area contributed by atoms with Crippen LogP contribution in [0.15, 0.2) is 48.5 Å². The van der Waals surface area contributed by atoms with Crippen LogP contribution >= 0.6 is 12.4 Å². The van der Waals surface area contributed by atoms with Crippen LogP contribution in [0.5, 0.6) is 5.75 Å². The van der Waals surface area contributed by atoms with E-state index in [0.717, 1.165) is 43.2 Å². The molecule has 0 aromatic heterocycles. The minimum absolute atomic E-state index is 0. The van der Waals surface area contributed by atoms with Gasteiger partial charge in [0.25, 0.3) is 0 Å². The number of ether oxygens (including phenoxy) is 1. The number of hydrogen-bond donors (Lipinski definition) is 1. The van der Waals surface area contributed by atoms with Crippen LogP contribution < -0.4 is 4.74 Å². The zero-order chi connectivity index (χ0) is 20.1. The van der Waals surface area contributed by atoms with Crippen LogP contribution in [0.3, 0.4) is 0 Å². The fraction of sp³-hybridized carbons (Fsp3) is 0.458. The molecule has 1 unspecified atom stereocenters. The van der Waals surface area contributed by atoms with Gasteiger partial charge >= 0.3 is 5.97 Å². The summed E-state index contributed by atoms with van der Waals surface area (Å²) in [6, 6.07) is 15.1. The van der Waals surface area contributed by atoms with Gasteiger partial charge in [0.1, 0.15) is 5.75 Å². The van der Waals surface area contributed by atoms with Gasteiger partial charge in [-0.15, -0.1) is 12.4 Å². The van der Waals surface area contributed by atoms with Crippen LogP contribution in [-0.2, 0) is 6.42 Å². The lowest BCUT2D eigenvalue weighted by Crippen LogP contribution is -2.52. The molecule has 0 aliphatic heterocycles. The molecular formula is C24H32ClNO3. The average Bonchev–Trinajstić information content (AvgIpc) is 2.68. The molecule has 1 saturated carbocycles. The number of halogens is 1. The van der Waals surface area contributed by atoms with Crippen LogP contribution in [0.2, 0.25) is 0 Å². The first kappa shape index (κ1) is 23.4. The number of aliphatic hydroxyl groups is 1. The van der Waals surface area contributed by atoms with Gasteiger partial charge in [0.15, 0.2) is 0 Å². The molecule has 2 aromatic rings. The first-order valence-electron chi connectivity index (χ1n) is 10.1. The average molecular weight is 418 g/mol. The Labute approximate surface area is 180 Å². The van der Waals surface area contributed by atoms with Gasteiger partial charge in [-0.2, -0.15) is 0 Å². The van der Waals surface area contributed by atoms with Crippen LogP contribution in [0.25, 0.3) is 0 Å². The molecule has 1 fully saturated rings. The van der Waals surface area contributed by atoms with Crippen molar-refractivity contribution in [2.24, 2.45) is 0 Å². The number of carbonyl (C=O) groups is 1. The van der Waals surface area contributed by atoms with Crippen LogP contribution in [-0.4, -0.2) is 41.7 Å². The number of rotatable bonds is 6. The Morgan fingerprint density at radius 2 is 1.62 bits per heavy atom. The molecule has 0 spiro atoms. The van der Waals surface area contributed by atoms with Crippen molar-refractivity contribution in [2.75, 3.05) is 14.1 Å². The van der Waals surface area contributed by atoms with E-state index in [9.17, 15) is 9.90 Å². The van der Waals surface area contributed by atoms with Gasteiger partial charge in [0.2, 0.25) is 0 Å². The first-order chi connectivity index (χ1) is 13.4. The lowest BCUT2D eigenvalue weighted by Gasteiger charge is -2.42. The second-order valence-corrected chi connectivity index (χ2v) is 8.25. The van der Waals surface area contributed by atoms with E-state index < -0.39 is 5.60 Å². The second-order valence-electron chi connectivity index (χ2n) is 8.25. The summed E-state index contributed by atoms with van der Waals surface area (Å²) in [4.78, 5) is 14.4. The van der Waals surface area contributed by atoms with Crippen molar-refractivity contribution < 1.29 is 14.6 Å². The number of nitrogens with zero attached hydrogens (tertiary/aromatic N) is 1. The molecule has 1 aliphatic rings. The van der Waals surface area contributed by atoms with Crippen molar-refractivity contribution in [1.29, 1.82) is 0 Å². The smallest absolute Gasteiger partial charge is 0.343 e. The quantitative estimate of drug-likeness (QED) is 0.541. The Morgan fingerprint density at radius 3 is 2.17 bits per heavy atom. The Kier molecular flexibility index (Phi) is 8.26. The molecule has 4 nitrogen and oxygen atoms in total. The molecule has 3 rings (SSSR count). The van der Waals surface area contributed by atoms with E-state index in [0.29, 0.717) is 11.3 Å². The predicted octanol–water partition coefficient (Wildman–Crippen LogP) is 4.80. The van der Waals surface area contributed by atoms with Gasteiger partial charge < -0.3 is 14.7 Å². The van der Waals surface area contributed by atoms with Gasteiger partial charge in [0, 0.05) is 6.04 Å². The summed E-state index contributed by atoms with van der Waals surface area (Å²) in [6.45, 7) is 1.98. The van der Waals surface area contributed by atoms with Crippen molar-refractivity contribution in [2.45, 2.75) is 57.1 Å². The van der Waals surface area contributed by atoms with E-state index in [1.807, 2.05) is 57.4 Å². The SMILES string of the molecule is Cc1ccc(C(=O)Oc2ccc(CC(N(C)C)C3(O)CCCCC3)cc2)cc1.Cl. The molecule has 0 saturated heterocycles. The number of esters is 1. The molecule has 1 aliphatic carbocycles. The van der Waals surface area contributed by atoms with E-state index in [1.165, 1.54) is 6.42 Å². The van der Waals surface area contributed by atoms with Crippen molar-refractivity contribution in [3.05, 3.63) is 65.2 Å². The topological polar surface area (TPSA) is 49.8 Å². The lowest BCUT2D eigenvalue weighted by atomic mass is 9.77. The van der Waals surface area contributed by atoms with E-state index in [1.54, 1.807) is 12.1 Å². The Hall–Kier alpha value is -1.88. The third kappa shape index (κ3) is 6.05. The highest BCUT2D eigenvalue weighted by Crippen LogP contribution is 2.34. The predicted molar refractivity (Wildman–Crippen MR) is 119 cm³/mol. The van der Waals surface area contributed by atoms with Crippen LogP contribution in [0.1, 0.15) is 53.6 Å². The van der Waals surface area contributed by atoms with Gasteiger partial charge in [-0.05, 0) is 70.1 Å². The summed E-state index contributed by atoms with van der Waals surface area (Å²) in [5.41, 5.74) is 2.16. The minimum atomic E-state index is -0.627. The van der Waals surface area contributed by atoms with Crippen molar-refractivity contribution in [3.8, 4) is 5.75 Å². The summed E-state index contributed by atoms with van der Waals surface area (Å²) >= 11 is 0. The van der Waals surface area contributed by atoms with Crippen LogP contribution in [0.4, 0.5) is 0 Å². The maximum atomic E-state index is 12.3. The fourth-order valence-corrected chi connectivity index (χ4v) is 4.12. The molecule has 1 N–H and O–H groups in total. The number of benzene rings is 2. The Balaban J connectivity index is 0.00000300. The summed E-state index contributed by atoms with van der Waals surface area (Å²) in [6.07, 6.45) is 5.90. The van der Waals surface area contributed by atoms with Crippen molar-refractivity contribution in [3.63, 3.8) is 0 Å². The van der Waals surface area contributed by atoms with Crippen LogP contribution in [0, 0.1) is 6.92 Å². The highest BCUT2D eigenvalue weighted by atomic mass is 35.5. The maximum absolute atomic E-state index is 12.3. The number of carbonyl (C=O) groups excluding carboxylic acids is 1. The summed E-state index contributed by atoms with van der Waals surface area (Å²) in [5, 5.41) is 11.2. The Bertz CT molecular complexity index is 781. The van der Waals surface area contributed by atoms with E-state index in [4.69, 9.17) is 4.74 Å². The standard InChI is InChI=1S/C24H31NO3.ClH/c1-18-7-11-20(12-8-18)23(26)28-21-13-9-19(10-14-21)17-22(25(2)3)24(27)15-5-4-6-16-24;/h7-14,22,27H,4-6,15-17H2,1-3H3;1H. The molecule has 0 bridgehead atoms. The maximum Gasteiger partial charge on any atom is 0.343 e. The highest BCUT2D eigenvalue weighted by molar-refractivity contribution is 5.91. The highest BCUT2D eigenvalue weighted by Gasteiger charge is 2.38. The summed E-state index contributed by atoms with van der Waals surface area (Å²) in [5.74, 6) is 0.183. The monoisotopic (exact) mass is 417 g/mol. The van der Waals surface area contributed by atoms with Gasteiger partial charge in [-0.3, -0.25) is 0 Å². The number of likely N-dealkylation sites (N-methyl/N-ethyl adjacent to an activating group) is 1. The summed E-state index contributed by atoms with van der Waals surface area (Å²) < 4.78 is 5.49. The largest absolute Gasteiger partial charge is 0.423 e. The Morgan fingerprint density at radius 1 is 1.03 bits per heavy atom.